The van der Waals surface area contributed by atoms with Gasteiger partial charge < -0.3 is 0 Å². The van der Waals surface area contributed by atoms with E-state index in [2.05, 4.69) is 142 Å². The van der Waals surface area contributed by atoms with Crippen molar-refractivity contribution < 1.29 is 0 Å². The average molecular weight is 547 g/mol. The number of hydrogen-bond donors (Lipinski definition) is 0. The Kier molecular flexibility index (Phi) is 4.74. The molecule has 42 heavy (non-hydrogen) atoms. The van der Waals surface area contributed by atoms with Crippen LogP contribution in [-0.2, 0) is 21.7 Å². The molecular formula is C42H42. The second kappa shape index (κ2) is 7.65. The maximum absolute atomic E-state index is 2.56. The summed E-state index contributed by atoms with van der Waals surface area (Å²) in [6.45, 7) is 24.0. The maximum atomic E-state index is 2.56. The molecule has 0 nitrogen and oxygen atoms in total. The van der Waals surface area contributed by atoms with E-state index in [9.17, 15) is 0 Å². The minimum atomic E-state index is -0.0900. The number of rotatable bonds is 0. The molecule has 0 radical (unpaired) electrons. The standard InChI is InChI=1S/C42H42/c1-39(2,3)23-19-27-33-29(21-23)37-36(26-16-12-14-18-32(26)41(37,7)8)28-20-24(40(4,5)6)22-30(34(28)33)38-35(27)25-15-11-13-17-31(25)42(38,9)10/h11-22H,1-10H3. The lowest BCUT2D eigenvalue weighted by molar-refractivity contribution is 0.591. The molecule has 6 aromatic carbocycles. The van der Waals surface area contributed by atoms with Crippen LogP contribution < -0.4 is 0 Å². The third-order valence-corrected chi connectivity index (χ3v) is 10.8. The zero-order valence-corrected chi connectivity index (χ0v) is 26.9. The molecule has 0 aromatic heterocycles. The molecule has 0 saturated carbocycles. The molecule has 0 atom stereocenters. The quantitative estimate of drug-likeness (QED) is 0.166. The van der Waals surface area contributed by atoms with Crippen molar-refractivity contribution >= 4 is 32.3 Å². The number of hydrogen-bond acceptors (Lipinski definition) is 0. The van der Waals surface area contributed by atoms with Crippen molar-refractivity contribution in [2.24, 2.45) is 0 Å². The molecule has 8 rings (SSSR count). The van der Waals surface area contributed by atoms with Gasteiger partial charge in [0, 0.05) is 10.8 Å². The van der Waals surface area contributed by atoms with Crippen molar-refractivity contribution in [3.8, 4) is 22.3 Å². The van der Waals surface area contributed by atoms with E-state index in [0.29, 0.717) is 0 Å². The van der Waals surface area contributed by atoms with E-state index < -0.39 is 0 Å². The highest BCUT2D eigenvalue weighted by Gasteiger charge is 2.43. The van der Waals surface area contributed by atoms with Crippen molar-refractivity contribution in [3.63, 3.8) is 0 Å². The van der Waals surface area contributed by atoms with E-state index in [1.165, 1.54) is 88.0 Å². The molecule has 0 spiro atoms. The van der Waals surface area contributed by atoms with E-state index in [-0.39, 0.29) is 21.7 Å². The summed E-state index contributed by atoms with van der Waals surface area (Å²) in [6, 6.07) is 28.6. The molecule has 0 bridgehead atoms. The Bertz CT molecular complexity index is 1980. The molecule has 0 aliphatic heterocycles. The van der Waals surface area contributed by atoms with Gasteiger partial charge >= 0.3 is 0 Å². The van der Waals surface area contributed by atoms with Crippen LogP contribution in [0.3, 0.4) is 0 Å². The largest absolute Gasteiger partial charge is 0.0619 e. The third kappa shape index (κ3) is 3.04. The fraction of sp³-hybridized carbons (Fsp3) is 0.333. The third-order valence-electron chi connectivity index (χ3n) is 10.8. The van der Waals surface area contributed by atoms with E-state index in [4.69, 9.17) is 0 Å². The van der Waals surface area contributed by atoms with Gasteiger partial charge in [0.1, 0.15) is 0 Å². The molecule has 210 valence electrons. The highest BCUT2D eigenvalue weighted by atomic mass is 14.5. The average Bonchev–Trinajstić information content (AvgIpc) is 3.31. The first-order valence-electron chi connectivity index (χ1n) is 15.7. The van der Waals surface area contributed by atoms with E-state index in [0.717, 1.165) is 0 Å². The number of benzene rings is 6. The summed E-state index contributed by atoms with van der Waals surface area (Å²) in [4.78, 5) is 0. The molecular weight excluding hydrogens is 504 g/mol. The monoisotopic (exact) mass is 546 g/mol. The Labute approximate surface area is 251 Å². The molecule has 0 amide bonds. The van der Waals surface area contributed by atoms with Crippen LogP contribution in [0.25, 0.3) is 54.6 Å². The smallest absolute Gasteiger partial charge is 0.0165 e. The van der Waals surface area contributed by atoms with E-state index in [1.54, 1.807) is 0 Å². The van der Waals surface area contributed by atoms with Gasteiger partial charge in [-0.15, -0.1) is 0 Å². The maximum Gasteiger partial charge on any atom is 0.0165 e. The minimum Gasteiger partial charge on any atom is -0.0619 e. The van der Waals surface area contributed by atoms with Gasteiger partial charge in [0.05, 0.1) is 0 Å². The van der Waals surface area contributed by atoms with Gasteiger partial charge in [0.25, 0.3) is 0 Å². The summed E-state index contributed by atoms with van der Waals surface area (Å²) in [5.41, 5.74) is 14.4. The van der Waals surface area contributed by atoms with Gasteiger partial charge in [0.15, 0.2) is 0 Å². The minimum absolute atomic E-state index is 0.0346. The van der Waals surface area contributed by atoms with Crippen molar-refractivity contribution in [1.29, 1.82) is 0 Å². The fourth-order valence-electron chi connectivity index (χ4n) is 8.64. The van der Waals surface area contributed by atoms with Crippen LogP contribution in [0.2, 0.25) is 0 Å². The Morgan fingerprint density at radius 1 is 0.452 bits per heavy atom. The van der Waals surface area contributed by atoms with Crippen LogP contribution in [0.1, 0.15) is 103 Å². The Morgan fingerprint density at radius 3 is 1.14 bits per heavy atom. The Hall–Kier alpha value is -3.64. The zero-order chi connectivity index (χ0) is 29.7. The highest BCUT2D eigenvalue weighted by Crippen LogP contribution is 2.61. The van der Waals surface area contributed by atoms with Gasteiger partial charge in [0.2, 0.25) is 0 Å². The lowest BCUT2D eigenvalue weighted by Crippen LogP contribution is -2.18. The van der Waals surface area contributed by atoms with Gasteiger partial charge in [-0.1, -0.05) is 130 Å². The van der Waals surface area contributed by atoms with Gasteiger partial charge in [-0.3, -0.25) is 0 Å². The van der Waals surface area contributed by atoms with Gasteiger partial charge in [-0.25, -0.2) is 0 Å². The lowest BCUT2D eigenvalue weighted by Gasteiger charge is -2.31. The van der Waals surface area contributed by atoms with E-state index >= 15 is 0 Å². The summed E-state index contributed by atoms with van der Waals surface area (Å²) < 4.78 is 0. The predicted molar refractivity (Wildman–Crippen MR) is 183 cm³/mol. The van der Waals surface area contributed by atoms with E-state index in [1.807, 2.05) is 0 Å². The predicted octanol–water partition coefficient (Wildman–Crippen LogP) is 11.8. The Balaban J connectivity index is 1.75. The van der Waals surface area contributed by atoms with Crippen LogP contribution >= 0.6 is 0 Å². The fourth-order valence-corrected chi connectivity index (χ4v) is 8.64. The summed E-state index contributed by atoms with van der Waals surface area (Å²) in [5.74, 6) is 0. The first-order chi connectivity index (χ1) is 19.6. The van der Waals surface area contributed by atoms with Gasteiger partial charge in [-0.2, -0.15) is 0 Å². The molecule has 0 unspecified atom stereocenters. The molecule has 0 saturated heterocycles. The SMILES string of the molecule is CC(C)(C)c1cc2c3c(c4cc(C(C)(C)C)cc5c6c(c(c1)c2c54)C(C)(C)c1ccccc1-6)C(C)(C)c1ccccc1-3. The van der Waals surface area contributed by atoms with Crippen LogP contribution in [0.5, 0.6) is 0 Å². The summed E-state index contributed by atoms with van der Waals surface area (Å²) in [6.07, 6.45) is 0. The van der Waals surface area contributed by atoms with Crippen molar-refractivity contribution in [1.82, 2.24) is 0 Å². The molecule has 0 heteroatoms. The van der Waals surface area contributed by atoms with Gasteiger partial charge in [-0.05, 0) is 111 Å². The number of fused-ring (bicyclic) bond motifs is 10. The molecule has 6 aromatic rings. The van der Waals surface area contributed by atoms with Crippen LogP contribution in [0.15, 0.2) is 72.8 Å². The highest BCUT2D eigenvalue weighted by molar-refractivity contribution is 6.33. The van der Waals surface area contributed by atoms with Crippen molar-refractivity contribution in [2.75, 3.05) is 0 Å². The second-order valence-corrected chi connectivity index (χ2v) is 16.2. The molecule has 0 N–H and O–H groups in total. The normalized spacial score (nSPS) is 16.7. The molecule has 2 aliphatic carbocycles. The molecule has 2 aliphatic rings. The van der Waals surface area contributed by atoms with Crippen LogP contribution in [0.4, 0.5) is 0 Å². The van der Waals surface area contributed by atoms with Crippen molar-refractivity contribution in [3.05, 3.63) is 106 Å². The van der Waals surface area contributed by atoms with Crippen LogP contribution in [0, 0.1) is 0 Å². The van der Waals surface area contributed by atoms with Crippen molar-refractivity contribution in [2.45, 2.75) is 90.9 Å². The lowest BCUT2D eigenvalue weighted by atomic mass is 9.72. The summed E-state index contributed by atoms with van der Waals surface area (Å²) in [5, 5.41) is 8.67. The zero-order valence-electron chi connectivity index (χ0n) is 26.9. The second-order valence-electron chi connectivity index (χ2n) is 16.2. The first kappa shape index (κ1) is 26.0. The molecule has 0 heterocycles. The summed E-state index contributed by atoms with van der Waals surface area (Å²) >= 11 is 0. The van der Waals surface area contributed by atoms with Crippen LogP contribution in [-0.4, -0.2) is 0 Å². The molecule has 0 fully saturated rings. The first-order valence-corrected chi connectivity index (χ1v) is 15.7. The summed E-state index contributed by atoms with van der Waals surface area (Å²) in [7, 11) is 0. The topological polar surface area (TPSA) is 0 Å². The Morgan fingerprint density at radius 2 is 0.786 bits per heavy atom.